The van der Waals surface area contributed by atoms with Crippen molar-refractivity contribution in [2.45, 2.75) is 11.9 Å². The maximum atomic E-state index is 10.1. The molecular weight excluding hydrogens is 163 g/mol. The van der Waals surface area contributed by atoms with Crippen molar-refractivity contribution in [3.05, 3.63) is 0 Å². The van der Waals surface area contributed by atoms with Crippen LogP contribution in [0, 0.1) is 0 Å². The summed E-state index contributed by atoms with van der Waals surface area (Å²) in [5, 5.41) is 25.1. The first-order valence-corrected chi connectivity index (χ1v) is 4.10. The van der Waals surface area contributed by atoms with E-state index in [-0.39, 0.29) is 0 Å². The van der Waals surface area contributed by atoms with Crippen molar-refractivity contribution < 1.29 is 29.7 Å². The maximum absolute atomic E-state index is 10.1. The largest absolute Gasteiger partial charge is 0.394 e. The number of rotatable bonds is 3. The molecule has 0 radical (unpaired) electrons. The molecule has 0 fully saturated rings. The molecule has 2 unspecified atom stereocenters. The van der Waals surface area contributed by atoms with Gasteiger partial charge in [0.2, 0.25) is 0 Å². The molecule has 0 aliphatic rings. The van der Waals surface area contributed by atoms with Gasteiger partial charge in [-0.3, -0.25) is 4.57 Å². The Balaban J connectivity index is 4.08. The molecule has 0 heterocycles. The Morgan fingerprint density at radius 3 is 1.80 bits per heavy atom. The molecule has 0 aromatic heterocycles. The van der Waals surface area contributed by atoms with Gasteiger partial charge in [-0.05, 0) is 0 Å². The average Bonchev–Trinajstić information content (AvgIpc) is 1.83. The second kappa shape index (κ2) is 3.43. The molecule has 7 heteroatoms. The molecule has 0 amide bonds. The van der Waals surface area contributed by atoms with Gasteiger partial charge in [0, 0.05) is 0 Å². The number of hydrogen-bond donors (Lipinski definition) is 5. The minimum atomic E-state index is -4.68. The van der Waals surface area contributed by atoms with E-state index in [4.69, 9.17) is 25.1 Å². The van der Waals surface area contributed by atoms with Crippen LogP contribution in [-0.2, 0) is 4.57 Å². The lowest BCUT2D eigenvalue weighted by atomic mass is 10.4. The number of hydrogen-bond acceptors (Lipinski definition) is 4. The molecule has 6 nitrogen and oxygen atoms in total. The summed E-state index contributed by atoms with van der Waals surface area (Å²) in [7, 11) is -4.68. The summed E-state index contributed by atoms with van der Waals surface area (Å²) in [5.41, 5.74) is 0. The van der Waals surface area contributed by atoms with Crippen molar-refractivity contribution in [3.8, 4) is 0 Å². The smallest absolute Gasteiger partial charge is 0.356 e. The number of aliphatic hydroxyl groups is 3. The minimum absolute atomic E-state index is 0.883. The fourth-order valence-electron chi connectivity index (χ4n) is 0.318. The molecule has 0 aromatic carbocycles. The van der Waals surface area contributed by atoms with Crippen LogP contribution in [0.4, 0.5) is 0 Å². The van der Waals surface area contributed by atoms with E-state index in [1.807, 2.05) is 0 Å². The van der Waals surface area contributed by atoms with E-state index in [1.165, 1.54) is 0 Å². The Morgan fingerprint density at radius 1 is 1.30 bits per heavy atom. The third-order valence-electron chi connectivity index (χ3n) is 0.876. The normalized spacial score (nSPS) is 18.5. The predicted octanol–water partition coefficient (Wildman–Crippen LogP) is -2.16. The van der Waals surface area contributed by atoms with Gasteiger partial charge in [-0.25, -0.2) is 0 Å². The molecule has 2 atom stereocenters. The zero-order chi connectivity index (χ0) is 8.36. The van der Waals surface area contributed by atoms with Crippen LogP contribution in [0.2, 0.25) is 0 Å². The van der Waals surface area contributed by atoms with Gasteiger partial charge >= 0.3 is 7.60 Å². The van der Waals surface area contributed by atoms with Crippen LogP contribution < -0.4 is 0 Å². The Morgan fingerprint density at radius 2 is 1.70 bits per heavy atom. The summed E-state index contributed by atoms with van der Waals surface area (Å²) in [6, 6.07) is 0. The summed E-state index contributed by atoms with van der Waals surface area (Å²) in [5.74, 6) is -2.20. The summed E-state index contributed by atoms with van der Waals surface area (Å²) in [4.78, 5) is 16.4. The van der Waals surface area contributed by atoms with Gasteiger partial charge in [0.05, 0.1) is 6.61 Å². The third kappa shape index (κ3) is 2.74. The van der Waals surface area contributed by atoms with Gasteiger partial charge in [0.1, 0.15) is 6.10 Å². The van der Waals surface area contributed by atoms with Crippen LogP contribution in [0.3, 0.4) is 0 Å². The van der Waals surface area contributed by atoms with Gasteiger partial charge in [-0.1, -0.05) is 0 Å². The summed E-state index contributed by atoms with van der Waals surface area (Å²) in [6.07, 6.45) is -1.79. The quantitative estimate of drug-likeness (QED) is 0.309. The van der Waals surface area contributed by atoms with Crippen LogP contribution in [0.5, 0.6) is 0 Å². The van der Waals surface area contributed by atoms with Crippen LogP contribution in [0.1, 0.15) is 0 Å². The van der Waals surface area contributed by atoms with E-state index in [0.29, 0.717) is 0 Å². The van der Waals surface area contributed by atoms with Crippen molar-refractivity contribution >= 4 is 7.60 Å². The summed E-state index contributed by atoms with van der Waals surface area (Å²) in [6.45, 7) is -0.883. The first kappa shape index (κ1) is 10.0. The highest BCUT2D eigenvalue weighted by molar-refractivity contribution is 7.52. The van der Waals surface area contributed by atoms with E-state index in [2.05, 4.69) is 0 Å². The van der Waals surface area contributed by atoms with Gasteiger partial charge in [0.25, 0.3) is 0 Å². The van der Waals surface area contributed by atoms with E-state index in [9.17, 15) is 4.57 Å². The molecule has 0 aliphatic carbocycles. The first-order valence-electron chi connectivity index (χ1n) is 2.41. The highest BCUT2D eigenvalue weighted by atomic mass is 31.2. The molecule has 0 spiro atoms. The van der Waals surface area contributed by atoms with Crippen molar-refractivity contribution in [2.24, 2.45) is 0 Å². The molecule has 0 rings (SSSR count). The monoisotopic (exact) mass is 172 g/mol. The Kier molecular flexibility index (Phi) is 3.44. The van der Waals surface area contributed by atoms with E-state index < -0.39 is 26.2 Å². The van der Waals surface area contributed by atoms with Crippen molar-refractivity contribution in [3.63, 3.8) is 0 Å². The van der Waals surface area contributed by atoms with Gasteiger partial charge in [-0.15, -0.1) is 0 Å². The minimum Gasteiger partial charge on any atom is -0.394 e. The van der Waals surface area contributed by atoms with E-state index >= 15 is 0 Å². The third-order valence-corrected chi connectivity index (χ3v) is 1.91. The van der Waals surface area contributed by atoms with Crippen LogP contribution in [0.15, 0.2) is 0 Å². The highest BCUT2D eigenvalue weighted by Gasteiger charge is 2.32. The predicted molar refractivity (Wildman–Crippen MR) is 31.1 cm³/mol. The van der Waals surface area contributed by atoms with Crippen molar-refractivity contribution in [1.29, 1.82) is 0 Å². The number of aliphatic hydroxyl groups excluding tert-OH is 3. The molecule has 62 valence electrons. The second-order valence-corrected chi connectivity index (χ2v) is 3.46. The second-order valence-electron chi connectivity index (χ2n) is 1.75. The molecule has 0 aliphatic heterocycles. The maximum Gasteiger partial charge on any atom is 0.356 e. The Bertz CT molecular complexity index is 140. The Labute approximate surface area is 56.9 Å². The zero-order valence-electron chi connectivity index (χ0n) is 4.95. The summed E-state index contributed by atoms with van der Waals surface area (Å²) >= 11 is 0. The lowest BCUT2D eigenvalue weighted by Gasteiger charge is -2.15. The molecule has 0 aromatic rings. The first-order chi connectivity index (χ1) is 4.39. The molecule has 0 saturated carbocycles. The molecule has 5 N–H and O–H groups in total. The van der Waals surface area contributed by atoms with Gasteiger partial charge in [-0.2, -0.15) is 0 Å². The van der Waals surface area contributed by atoms with Crippen molar-refractivity contribution in [1.82, 2.24) is 0 Å². The van der Waals surface area contributed by atoms with Crippen LogP contribution in [0.25, 0.3) is 0 Å². The zero-order valence-corrected chi connectivity index (χ0v) is 5.85. The Hall–Kier alpha value is 0.0300. The highest BCUT2D eigenvalue weighted by Crippen LogP contribution is 2.40. The molecular formula is C3H9O6P. The molecule has 0 saturated heterocycles. The fourth-order valence-corrected chi connectivity index (χ4v) is 0.861. The fraction of sp³-hybridized carbons (Fsp3) is 1.00. The lowest BCUT2D eigenvalue weighted by molar-refractivity contribution is 0.0132. The molecule has 0 bridgehead atoms. The summed E-state index contributed by atoms with van der Waals surface area (Å²) < 4.78 is 10.1. The van der Waals surface area contributed by atoms with Crippen LogP contribution in [-0.4, -0.2) is 43.7 Å². The average molecular weight is 172 g/mol. The SMILES string of the molecule is O=P(O)(O)C(O)C(O)CO. The van der Waals surface area contributed by atoms with Gasteiger partial charge in [0.15, 0.2) is 5.85 Å². The molecule has 10 heavy (non-hydrogen) atoms. The lowest BCUT2D eigenvalue weighted by Crippen LogP contribution is -2.28. The van der Waals surface area contributed by atoms with Gasteiger partial charge < -0.3 is 25.1 Å². The van der Waals surface area contributed by atoms with Crippen molar-refractivity contribution in [2.75, 3.05) is 6.61 Å². The van der Waals surface area contributed by atoms with E-state index in [0.717, 1.165) is 0 Å². The van der Waals surface area contributed by atoms with Crippen LogP contribution >= 0.6 is 7.60 Å². The standard InChI is InChI=1S/C3H9O6P/c4-1-2(5)3(6)10(7,8)9/h2-6H,1H2,(H2,7,8,9). The van der Waals surface area contributed by atoms with E-state index in [1.54, 1.807) is 0 Å². The topological polar surface area (TPSA) is 118 Å².